The maximum atomic E-state index is 12.6. The predicted molar refractivity (Wildman–Crippen MR) is 84.3 cm³/mol. The normalized spacial score (nSPS) is 30.9. The zero-order valence-electron chi connectivity index (χ0n) is 12.9. The molecular weight excluding hydrogens is 292 g/mol. The fourth-order valence-corrected chi connectivity index (χ4v) is 4.16. The van der Waals surface area contributed by atoms with E-state index in [9.17, 15) is 14.4 Å². The van der Waals surface area contributed by atoms with Crippen molar-refractivity contribution in [1.29, 1.82) is 0 Å². The van der Waals surface area contributed by atoms with Crippen LogP contribution in [0.4, 0.5) is 5.69 Å². The lowest BCUT2D eigenvalue weighted by molar-refractivity contribution is -0.143. The van der Waals surface area contributed by atoms with Crippen LogP contribution in [0, 0.1) is 23.7 Å². The first-order valence-electron chi connectivity index (χ1n) is 7.93. The van der Waals surface area contributed by atoms with Crippen LogP contribution in [0.15, 0.2) is 42.5 Å². The number of likely N-dealkylation sites (N-methyl/N-ethyl adjacent to an activating group) is 1. The van der Waals surface area contributed by atoms with Gasteiger partial charge in [-0.25, -0.2) is 0 Å². The Hall–Kier alpha value is -2.43. The van der Waals surface area contributed by atoms with Crippen molar-refractivity contribution in [2.75, 3.05) is 18.5 Å². The molecule has 1 aromatic carbocycles. The molecule has 1 saturated carbocycles. The number of fused-ring (bicyclic) bond motifs is 5. The first kappa shape index (κ1) is 14.2. The number of hydrogen-bond acceptors (Lipinski definition) is 3. The lowest BCUT2D eigenvalue weighted by Crippen LogP contribution is -2.42. The van der Waals surface area contributed by atoms with Crippen molar-refractivity contribution in [2.45, 2.75) is 6.42 Å². The van der Waals surface area contributed by atoms with E-state index in [1.807, 2.05) is 30.3 Å². The number of imide groups is 1. The molecule has 5 nitrogen and oxygen atoms in total. The van der Waals surface area contributed by atoms with Crippen LogP contribution in [0.3, 0.4) is 0 Å². The molecule has 3 aliphatic rings. The summed E-state index contributed by atoms with van der Waals surface area (Å²) in [6.45, 7) is -0.171. The molecule has 1 saturated heterocycles. The van der Waals surface area contributed by atoms with Crippen molar-refractivity contribution in [2.24, 2.45) is 23.7 Å². The molecule has 1 aromatic rings. The van der Waals surface area contributed by atoms with Crippen molar-refractivity contribution >= 4 is 23.4 Å². The first-order chi connectivity index (χ1) is 11.1. The molecule has 3 amide bonds. The SMILES string of the molecule is CN(C(=O)CN1C(=O)C2C3C=CC(C3)C2C1=O)c1ccccc1. The van der Waals surface area contributed by atoms with E-state index >= 15 is 0 Å². The van der Waals surface area contributed by atoms with Gasteiger partial charge in [0.15, 0.2) is 0 Å². The van der Waals surface area contributed by atoms with Gasteiger partial charge in [0.05, 0.1) is 11.8 Å². The number of rotatable bonds is 3. The average molecular weight is 310 g/mol. The fraction of sp³-hybridized carbons (Fsp3) is 0.389. The van der Waals surface area contributed by atoms with Crippen molar-refractivity contribution in [3.05, 3.63) is 42.5 Å². The van der Waals surface area contributed by atoms with Gasteiger partial charge in [0.2, 0.25) is 17.7 Å². The Bertz CT molecular complexity index is 682. The van der Waals surface area contributed by atoms with Crippen LogP contribution in [0.25, 0.3) is 0 Å². The number of nitrogens with zero attached hydrogens (tertiary/aromatic N) is 2. The quantitative estimate of drug-likeness (QED) is 0.627. The van der Waals surface area contributed by atoms with Crippen LogP contribution in [0.1, 0.15) is 6.42 Å². The summed E-state index contributed by atoms with van der Waals surface area (Å²) >= 11 is 0. The zero-order valence-corrected chi connectivity index (χ0v) is 12.9. The van der Waals surface area contributed by atoms with Gasteiger partial charge in [-0.05, 0) is 30.4 Å². The number of allylic oxidation sites excluding steroid dienone is 2. The van der Waals surface area contributed by atoms with Gasteiger partial charge >= 0.3 is 0 Å². The molecule has 2 aliphatic carbocycles. The van der Waals surface area contributed by atoms with Gasteiger partial charge < -0.3 is 4.90 Å². The molecule has 23 heavy (non-hydrogen) atoms. The summed E-state index contributed by atoms with van der Waals surface area (Å²) in [6.07, 6.45) is 5.01. The number of hydrogen-bond donors (Lipinski definition) is 0. The van der Waals surface area contributed by atoms with Crippen LogP contribution >= 0.6 is 0 Å². The molecule has 0 N–H and O–H groups in total. The minimum absolute atomic E-state index is 0.171. The molecule has 2 fully saturated rings. The maximum absolute atomic E-state index is 12.6. The number of carbonyl (C=O) groups is 3. The first-order valence-corrected chi connectivity index (χ1v) is 7.93. The molecule has 4 unspecified atom stereocenters. The second kappa shape index (κ2) is 5.05. The van der Waals surface area contributed by atoms with E-state index < -0.39 is 0 Å². The Kier molecular flexibility index (Phi) is 3.11. The minimum Gasteiger partial charge on any atom is -0.314 e. The Balaban J connectivity index is 1.51. The van der Waals surface area contributed by atoms with E-state index in [0.29, 0.717) is 0 Å². The zero-order chi connectivity index (χ0) is 16.1. The monoisotopic (exact) mass is 310 g/mol. The Morgan fingerprint density at radius 3 is 2.22 bits per heavy atom. The standard InChI is InChI=1S/C18H18N2O3/c1-19(13-5-3-2-4-6-13)14(21)10-20-17(22)15-11-7-8-12(9-11)16(15)18(20)23/h2-8,11-12,15-16H,9-10H2,1H3. The average Bonchev–Trinajstić information content (AvgIpc) is 3.24. The van der Waals surface area contributed by atoms with Gasteiger partial charge in [-0.2, -0.15) is 0 Å². The summed E-state index contributed by atoms with van der Waals surface area (Å²) in [4.78, 5) is 40.3. The van der Waals surface area contributed by atoms with Crippen molar-refractivity contribution in [3.8, 4) is 0 Å². The highest BCUT2D eigenvalue weighted by Gasteiger charge is 2.59. The fourth-order valence-electron chi connectivity index (χ4n) is 4.16. The summed E-state index contributed by atoms with van der Waals surface area (Å²) in [5.41, 5.74) is 0.749. The lowest BCUT2D eigenvalue weighted by Gasteiger charge is -2.22. The minimum atomic E-state index is -0.252. The van der Waals surface area contributed by atoms with E-state index in [2.05, 4.69) is 12.2 Å². The maximum Gasteiger partial charge on any atom is 0.246 e. The summed E-state index contributed by atoms with van der Waals surface area (Å²) in [5, 5.41) is 0. The van der Waals surface area contributed by atoms with Crippen LogP contribution in [-0.2, 0) is 14.4 Å². The van der Waals surface area contributed by atoms with Gasteiger partial charge in [0.1, 0.15) is 6.54 Å². The molecule has 1 heterocycles. The van der Waals surface area contributed by atoms with E-state index in [-0.39, 0.29) is 47.9 Å². The third kappa shape index (κ3) is 2.03. The van der Waals surface area contributed by atoms with Crippen molar-refractivity contribution in [1.82, 2.24) is 4.90 Å². The largest absolute Gasteiger partial charge is 0.314 e. The van der Waals surface area contributed by atoms with E-state index in [1.165, 1.54) is 9.80 Å². The molecule has 1 aliphatic heterocycles. The Morgan fingerprint density at radius 1 is 1.09 bits per heavy atom. The highest BCUT2D eigenvalue weighted by atomic mass is 16.2. The second-order valence-electron chi connectivity index (χ2n) is 6.55. The van der Waals surface area contributed by atoms with Gasteiger partial charge in [-0.3, -0.25) is 19.3 Å². The molecule has 0 spiro atoms. The molecule has 118 valence electrons. The molecule has 4 atom stereocenters. The number of carbonyl (C=O) groups excluding carboxylic acids is 3. The number of anilines is 1. The lowest BCUT2D eigenvalue weighted by atomic mass is 9.85. The molecule has 4 rings (SSSR count). The summed E-state index contributed by atoms with van der Waals surface area (Å²) in [6, 6.07) is 9.21. The van der Waals surface area contributed by atoms with E-state index in [4.69, 9.17) is 0 Å². The van der Waals surface area contributed by atoms with Crippen LogP contribution in [-0.4, -0.2) is 36.2 Å². The van der Waals surface area contributed by atoms with E-state index in [1.54, 1.807) is 7.05 Å². The van der Waals surface area contributed by atoms with Gasteiger partial charge in [0, 0.05) is 12.7 Å². The molecular formula is C18H18N2O3. The highest BCUT2D eigenvalue weighted by Crippen LogP contribution is 2.52. The summed E-state index contributed by atoms with van der Waals surface area (Å²) < 4.78 is 0. The number of amides is 3. The Morgan fingerprint density at radius 2 is 1.65 bits per heavy atom. The molecule has 2 bridgehead atoms. The second-order valence-corrected chi connectivity index (χ2v) is 6.55. The predicted octanol–water partition coefficient (Wildman–Crippen LogP) is 1.46. The topological polar surface area (TPSA) is 57.7 Å². The van der Waals surface area contributed by atoms with Crippen LogP contribution < -0.4 is 4.90 Å². The molecule has 0 aromatic heterocycles. The smallest absolute Gasteiger partial charge is 0.246 e. The van der Waals surface area contributed by atoms with Gasteiger partial charge in [0.25, 0.3) is 0 Å². The highest BCUT2D eigenvalue weighted by molar-refractivity contribution is 6.09. The summed E-state index contributed by atoms with van der Waals surface area (Å²) in [7, 11) is 1.66. The third-order valence-corrected chi connectivity index (χ3v) is 5.37. The number of likely N-dealkylation sites (tertiary alicyclic amines) is 1. The van der Waals surface area contributed by atoms with Crippen molar-refractivity contribution in [3.63, 3.8) is 0 Å². The van der Waals surface area contributed by atoms with Gasteiger partial charge in [-0.15, -0.1) is 0 Å². The van der Waals surface area contributed by atoms with Crippen LogP contribution in [0.5, 0.6) is 0 Å². The van der Waals surface area contributed by atoms with Crippen LogP contribution in [0.2, 0.25) is 0 Å². The number of benzene rings is 1. The molecule has 0 radical (unpaired) electrons. The summed E-state index contributed by atoms with van der Waals surface area (Å²) in [5.74, 6) is -0.738. The number of para-hydroxylation sites is 1. The van der Waals surface area contributed by atoms with Gasteiger partial charge in [-0.1, -0.05) is 30.4 Å². The van der Waals surface area contributed by atoms with Crippen molar-refractivity contribution < 1.29 is 14.4 Å². The Labute approximate surface area is 134 Å². The van der Waals surface area contributed by atoms with E-state index in [0.717, 1.165) is 12.1 Å². The third-order valence-electron chi connectivity index (χ3n) is 5.37. The molecule has 5 heteroatoms.